The van der Waals surface area contributed by atoms with Gasteiger partial charge in [-0.05, 0) is 43.7 Å². The third-order valence-electron chi connectivity index (χ3n) is 3.06. The van der Waals surface area contributed by atoms with Gasteiger partial charge in [-0.3, -0.25) is 4.79 Å². The van der Waals surface area contributed by atoms with E-state index in [1.807, 2.05) is 13.8 Å². The van der Waals surface area contributed by atoms with Crippen LogP contribution in [0.1, 0.15) is 35.9 Å². The first-order valence-electron chi connectivity index (χ1n) is 7.30. The van der Waals surface area contributed by atoms with Gasteiger partial charge in [0.25, 0.3) is 5.91 Å². The minimum atomic E-state index is -0.872. The molecular weight excluding hydrogens is 299 g/mol. The molecule has 0 saturated carbocycles. The Morgan fingerprint density at radius 1 is 1.35 bits per heavy atom. The van der Waals surface area contributed by atoms with Crippen LogP contribution in [0.5, 0.6) is 5.75 Å². The Hall–Kier alpha value is -2.47. The molecule has 0 radical (unpaired) electrons. The van der Waals surface area contributed by atoms with Gasteiger partial charge in [0.15, 0.2) is 0 Å². The van der Waals surface area contributed by atoms with E-state index in [2.05, 4.69) is 10.3 Å². The van der Waals surface area contributed by atoms with Crippen molar-refractivity contribution in [1.29, 1.82) is 0 Å². The van der Waals surface area contributed by atoms with Crippen LogP contribution in [-0.4, -0.2) is 28.6 Å². The van der Waals surface area contributed by atoms with E-state index in [-0.39, 0.29) is 18.2 Å². The van der Waals surface area contributed by atoms with E-state index in [1.54, 1.807) is 24.3 Å². The van der Waals surface area contributed by atoms with Crippen LogP contribution in [0.4, 0.5) is 4.39 Å². The molecule has 1 atom stereocenters. The molecule has 23 heavy (non-hydrogen) atoms. The van der Waals surface area contributed by atoms with Gasteiger partial charge in [-0.1, -0.05) is 12.1 Å². The third-order valence-corrected chi connectivity index (χ3v) is 3.06. The van der Waals surface area contributed by atoms with Gasteiger partial charge >= 0.3 is 0 Å². The summed E-state index contributed by atoms with van der Waals surface area (Å²) in [5.74, 6) is -0.416. The number of pyridine rings is 1. The van der Waals surface area contributed by atoms with Gasteiger partial charge in [0.2, 0.25) is 5.95 Å². The van der Waals surface area contributed by atoms with E-state index in [0.29, 0.717) is 11.3 Å². The number of aliphatic hydroxyl groups is 1. The van der Waals surface area contributed by atoms with Crippen molar-refractivity contribution in [2.24, 2.45) is 0 Å². The van der Waals surface area contributed by atoms with E-state index in [9.17, 15) is 14.3 Å². The Morgan fingerprint density at radius 2 is 2.13 bits per heavy atom. The molecule has 0 aliphatic carbocycles. The number of benzene rings is 1. The van der Waals surface area contributed by atoms with E-state index >= 15 is 0 Å². The Balaban J connectivity index is 1.95. The number of aromatic nitrogens is 1. The lowest BCUT2D eigenvalue weighted by molar-refractivity contribution is 0.0915. The maximum atomic E-state index is 12.7. The van der Waals surface area contributed by atoms with Crippen molar-refractivity contribution in [1.82, 2.24) is 10.3 Å². The third kappa shape index (κ3) is 5.03. The number of ether oxygens (including phenoxy) is 1. The zero-order valence-corrected chi connectivity index (χ0v) is 13.0. The lowest BCUT2D eigenvalue weighted by Gasteiger charge is -2.15. The zero-order chi connectivity index (χ0) is 16.8. The second-order valence-electron chi connectivity index (χ2n) is 5.33. The monoisotopic (exact) mass is 318 g/mol. The molecule has 2 aromatic rings. The molecular formula is C17H19FN2O3. The number of amides is 1. The Labute approximate surface area is 134 Å². The van der Waals surface area contributed by atoms with Crippen LogP contribution in [0, 0.1) is 5.95 Å². The lowest BCUT2D eigenvalue weighted by Crippen LogP contribution is -2.28. The minimum absolute atomic E-state index is 0.0291. The van der Waals surface area contributed by atoms with E-state index in [1.165, 1.54) is 6.07 Å². The minimum Gasteiger partial charge on any atom is -0.491 e. The molecule has 1 unspecified atom stereocenters. The van der Waals surface area contributed by atoms with E-state index in [0.717, 1.165) is 12.3 Å². The van der Waals surface area contributed by atoms with Crippen LogP contribution in [0.15, 0.2) is 42.6 Å². The number of halogens is 1. The summed E-state index contributed by atoms with van der Waals surface area (Å²) in [6.07, 6.45) is 0.310. The maximum Gasteiger partial charge on any atom is 0.252 e. The number of rotatable bonds is 6. The van der Waals surface area contributed by atoms with Gasteiger partial charge in [-0.15, -0.1) is 0 Å². The molecule has 1 aromatic heterocycles. The highest BCUT2D eigenvalue weighted by atomic mass is 19.1. The molecule has 0 bridgehead atoms. The molecule has 6 heteroatoms. The molecule has 0 aliphatic rings. The molecule has 0 fully saturated rings. The summed E-state index contributed by atoms with van der Waals surface area (Å²) in [6, 6.07) is 9.51. The summed E-state index contributed by atoms with van der Waals surface area (Å²) in [5, 5.41) is 12.8. The van der Waals surface area contributed by atoms with Crippen LogP contribution in [0.25, 0.3) is 0 Å². The quantitative estimate of drug-likeness (QED) is 0.803. The number of aliphatic hydroxyl groups excluding tert-OH is 1. The number of carbonyl (C=O) groups excluding carboxylic acids is 1. The van der Waals surface area contributed by atoms with Gasteiger partial charge in [0, 0.05) is 12.7 Å². The topological polar surface area (TPSA) is 71.5 Å². The Morgan fingerprint density at radius 3 is 2.78 bits per heavy atom. The van der Waals surface area contributed by atoms with Crippen molar-refractivity contribution in [3.63, 3.8) is 0 Å². The highest BCUT2D eigenvalue weighted by molar-refractivity contribution is 5.93. The summed E-state index contributed by atoms with van der Waals surface area (Å²) in [6.45, 7) is 3.86. The number of nitrogens with one attached hydrogen (secondary N) is 1. The Kier molecular flexibility index (Phi) is 5.65. The van der Waals surface area contributed by atoms with Crippen LogP contribution in [0.3, 0.4) is 0 Å². The maximum absolute atomic E-state index is 12.7. The summed E-state index contributed by atoms with van der Waals surface area (Å²) < 4.78 is 18.3. The first-order valence-corrected chi connectivity index (χ1v) is 7.30. The van der Waals surface area contributed by atoms with E-state index in [4.69, 9.17) is 4.74 Å². The highest BCUT2D eigenvalue weighted by Gasteiger charge is 2.12. The summed E-state index contributed by atoms with van der Waals surface area (Å²) in [5.41, 5.74) is 0.871. The smallest absolute Gasteiger partial charge is 0.252 e. The molecule has 122 valence electrons. The van der Waals surface area contributed by atoms with Crippen molar-refractivity contribution in [2.45, 2.75) is 26.1 Å². The zero-order valence-electron chi connectivity index (χ0n) is 13.0. The summed E-state index contributed by atoms with van der Waals surface area (Å²) in [4.78, 5) is 15.3. The molecule has 1 amide bonds. The first-order chi connectivity index (χ1) is 11.0. The fourth-order valence-corrected chi connectivity index (χ4v) is 1.99. The van der Waals surface area contributed by atoms with Gasteiger partial charge in [0.05, 0.1) is 17.8 Å². The summed E-state index contributed by atoms with van der Waals surface area (Å²) >= 11 is 0. The predicted octanol–water partition coefficient (Wildman–Crippen LogP) is 2.47. The van der Waals surface area contributed by atoms with Crippen LogP contribution in [-0.2, 0) is 0 Å². The van der Waals surface area contributed by atoms with Gasteiger partial charge in [-0.2, -0.15) is 4.39 Å². The molecule has 0 spiro atoms. The van der Waals surface area contributed by atoms with Crippen LogP contribution >= 0.6 is 0 Å². The number of hydrogen-bond donors (Lipinski definition) is 2. The van der Waals surface area contributed by atoms with Gasteiger partial charge in [-0.25, -0.2) is 4.98 Å². The van der Waals surface area contributed by atoms with Gasteiger partial charge < -0.3 is 15.2 Å². The fraction of sp³-hybridized carbons (Fsp3) is 0.294. The second kappa shape index (κ2) is 7.69. The fourth-order valence-electron chi connectivity index (χ4n) is 1.99. The largest absolute Gasteiger partial charge is 0.491 e. The average Bonchev–Trinajstić information content (AvgIpc) is 2.52. The first kappa shape index (κ1) is 16.9. The van der Waals surface area contributed by atoms with Crippen molar-refractivity contribution in [3.05, 3.63) is 59.7 Å². The molecule has 1 heterocycles. The molecule has 0 aliphatic heterocycles. The molecule has 1 aromatic carbocycles. The lowest BCUT2D eigenvalue weighted by atomic mass is 10.1. The Bertz CT molecular complexity index is 659. The number of nitrogens with zero attached hydrogens (tertiary/aromatic N) is 1. The highest BCUT2D eigenvalue weighted by Crippen LogP contribution is 2.20. The van der Waals surface area contributed by atoms with Crippen LogP contribution in [0.2, 0.25) is 0 Å². The van der Waals surface area contributed by atoms with Gasteiger partial charge in [0.1, 0.15) is 5.75 Å². The molecule has 2 rings (SSSR count). The number of hydrogen-bond acceptors (Lipinski definition) is 4. The summed E-state index contributed by atoms with van der Waals surface area (Å²) in [7, 11) is 0. The average molecular weight is 318 g/mol. The molecule has 5 nitrogen and oxygen atoms in total. The standard InChI is InChI=1S/C17H19FN2O3/c1-11(2)23-14-5-3-4-12(8-14)15(21)10-20-17(22)13-6-7-16(18)19-9-13/h3-9,11,15,21H,10H2,1-2H3,(H,20,22). The predicted molar refractivity (Wildman–Crippen MR) is 83.7 cm³/mol. The molecule has 0 saturated heterocycles. The van der Waals surface area contributed by atoms with Crippen molar-refractivity contribution in [2.75, 3.05) is 6.54 Å². The van der Waals surface area contributed by atoms with Crippen molar-refractivity contribution >= 4 is 5.91 Å². The molecule has 2 N–H and O–H groups in total. The van der Waals surface area contributed by atoms with Crippen molar-refractivity contribution in [3.8, 4) is 5.75 Å². The second-order valence-corrected chi connectivity index (χ2v) is 5.33. The van der Waals surface area contributed by atoms with Crippen molar-refractivity contribution < 1.29 is 19.0 Å². The van der Waals surface area contributed by atoms with Crippen LogP contribution < -0.4 is 10.1 Å². The van der Waals surface area contributed by atoms with E-state index < -0.39 is 18.0 Å². The SMILES string of the molecule is CC(C)Oc1cccc(C(O)CNC(=O)c2ccc(F)nc2)c1. The normalized spacial score (nSPS) is 12.0. The number of carbonyl (C=O) groups is 1.